The average Bonchev–Trinajstić information content (AvgIpc) is 2.47. The number of benzene rings is 1. The van der Waals surface area contributed by atoms with Crippen LogP contribution in [0.15, 0.2) is 23.2 Å². The summed E-state index contributed by atoms with van der Waals surface area (Å²) in [5.74, 6) is -0.933. The highest BCUT2D eigenvalue weighted by molar-refractivity contribution is 5.85. The molecule has 72 valence electrons. The van der Waals surface area contributed by atoms with E-state index in [4.69, 9.17) is 5.11 Å². The molecule has 0 amide bonds. The lowest BCUT2D eigenvalue weighted by atomic mass is 9.98. The second kappa shape index (κ2) is 3.14. The smallest absolute Gasteiger partial charge is 0.304 e. The molecule has 1 unspecified atom stereocenters. The minimum Gasteiger partial charge on any atom is -0.508 e. The number of phenolic OH excluding ortho intramolecular Hbond substituents is 1. The van der Waals surface area contributed by atoms with E-state index in [9.17, 15) is 9.90 Å². The summed E-state index contributed by atoms with van der Waals surface area (Å²) >= 11 is 0. The second-order valence-corrected chi connectivity index (χ2v) is 3.23. The fraction of sp³-hybridized carbons (Fsp3) is 0.200. The number of hydrogen-bond donors (Lipinski definition) is 2. The monoisotopic (exact) mass is 191 g/mol. The van der Waals surface area contributed by atoms with Crippen LogP contribution in [0.2, 0.25) is 0 Å². The summed E-state index contributed by atoms with van der Waals surface area (Å²) in [7, 11) is 0. The molecule has 1 atom stereocenters. The van der Waals surface area contributed by atoms with Crippen molar-refractivity contribution in [2.75, 3.05) is 0 Å². The average molecular weight is 191 g/mol. The predicted octanol–water partition coefficient (Wildman–Crippen LogP) is 1.67. The molecule has 0 aromatic heterocycles. The first-order chi connectivity index (χ1) is 6.66. The van der Waals surface area contributed by atoms with E-state index in [0.717, 1.165) is 11.3 Å². The number of carbonyl (C=O) groups is 1. The summed E-state index contributed by atoms with van der Waals surface area (Å²) in [6, 6.07) is 4.79. The number of carboxylic acids is 1. The Labute approximate surface area is 80.5 Å². The zero-order valence-electron chi connectivity index (χ0n) is 7.34. The van der Waals surface area contributed by atoms with Gasteiger partial charge in [-0.3, -0.25) is 9.79 Å². The third-order valence-electron chi connectivity index (χ3n) is 2.20. The van der Waals surface area contributed by atoms with Gasteiger partial charge < -0.3 is 10.2 Å². The Morgan fingerprint density at radius 1 is 1.50 bits per heavy atom. The molecular weight excluding hydrogens is 182 g/mol. The van der Waals surface area contributed by atoms with Crippen LogP contribution >= 0.6 is 0 Å². The Bertz CT molecular complexity index is 412. The molecule has 4 heteroatoms. The lowest BCUT2D eigenvalue weighted by Gasteiger charge is -2.05. The molecule has 14 heavy (non-hydrogen) atoms. The maximum absolute atomic E-state index is 10.5. The van der Waals surface area contributed by atoms with E-state index in [1.54, 1.807) is 24.4 Å². The minimum absolute atomic E-state index is 0.0138. The Kier molecular flexibility index (Phi) is 1.96. The van der Waals surface area contributed by atoms with Gasteiger partial charge >= 0.3 is 5.97 Å². The van der Waals surface area contributed by atoms with Gasteiger partial charge in [0.25, 0.3) is 0 Å². The summed E-state index contributed by atoms with van der Waals surface area (Å²) in [5, 5.41) is 17.9. The summed E-state index contributed by atoms with van der Waals surface area (Å²) < 4.78 is 0. The van der Waals surface area contributed by atoms with E-state index in [1.165, 1.54) is 0 Å². The summed E-state index contributed by atoms with van der Waals surface area (Å²) in [6.45, 7) is 0. The molecule has 4 nitrogen and oxygen atoms in total. The minimum atomic E-state index is -0.863. The first-order valence-electron chi connectivity index (χ1n) is 4.25. The highest BCUT2D eigenvalue weighted by Gasteiger charge is 2.21. The number of hydrogen-bond acceptors (Lipinski definition) is 3. The SMILES string of the molecule is O=C(O)CC1C=Nc2ccc(O)cc21. The van der Waals surface area contributed by atoms with Crippen molar-refractivity contribution in [3.63, 3.8) is 0 Å². The van der Waals surface area contributed by atoms with E-state index in [0.29, 0.717) is 0 Å². The molecule has 0 aliphatic carbocycles. The van der Waals surface area contributed by atoms with Crippen molar-refractivity contribution in [1.29, 1.82) is 0 Å². The molecule has 1 aromatic rings. The number of aliphatic imine (C=N–C) groups is 1. The lowest BCUT2D eigenvalue weighted by molar-refractivity contribution is -0.137. The van der Waals surface area contributed by atoms with Crippen LogP contribution in [0.1, 0.15) is 17.9 Å². The van der Waals surface area contributed by atoms with Crippen LogP contribution in [-0.4, -0.2) is 22.4 Å². The van der Waals surface area contributed by atoms with Gasteiger partial charge in [-0.25, -0.2) is 0 Å². The molecule has 0 bridgehead atoms. The second-order valence-electron chi connectivity index (χ2n) is 3.23. The summed E-state index contributed by atoms with van der Waals surface area (Å²) in [5.41, 5.74) is 1.53. The quantitative estimate of drug-likeness (QED) is 0.746. The molecule has 1 aliphatic rings. The number of aliphatic carboxylic acids is 1. The van der Waals surface area contributed by atoms with Gasteiger partial charge in [0.15, 0.2) is 0 Å². The first-order valence-corrected chi connectivity index (χ1v) is 4.25. The van der Waals surface area contributed by atoms with Crippen molar-refractivity contribution in [2.45, 2.75) is 12.3 Å². The van der Waals surface area contributed by atoms with Crippen molar-refractivity contribution in [3.8, 4) is 5.75 Å². The molecule has 1 aromatic carbocycles. The van der Waals surface area contributed by atoms with Crippen molar-refractivity contribution < 1.29 is 15.0 Å². The molecule has 0 radical (unpaired) electrons. The molecule has 2 rings (SSSR count). The zero-order valence-corrected chi connectivity index (χ0v) is 7.34. The van der Waals surface area contributed by atoms with Gasteiger partial charge in [0.1, 0.15) is 5.75 Å². The summed E-state index contributed by atoms with van der Waals surface area (Å²) in [6.07, 6.45) is 1.62. The Morgan fingerprint density at radius 2 is 2.29 bits per heavy atom. The van der Waals surface area contributed by atoms with E-state index in [2.05, 4.69) is 4.99 Å². The van der Waals surface area contributed by atoms with Crippen LogP contribution in [0.5, 0.6) is 5.75 Å². The van der Waals surface area contributed by atoms with Gasteiger partial charge in [-0.15, -0.1) is 0 Å². The molecule has 0 saturated carbocycles. The van der Waals surface area contributed by atoms with Crippen LogP contribution in [-0.2, 0) is 4.79 Å². The van der Waals surface area contributed by atoms with Crippen LogP contribution in [0.3, 0.4) is 0 Å². The number of phenols is 1. The predicted molar refractivity (Wildman–Crippen MR) is 51.3 cm³/mol. The molecule has 0 spiro atoms. The number of nitrogens with zero attached hydrogens (tertiary/aromatic N) is 1. The van der Waals surface area contributed by atoms with E-state index in [-0.39, 0.29) is 18.1 Å². The van der Waals surface area contributed by atoms with Gasteiger partial charge in [-0.1, -0.05) is 0 Å². The zero-order chi connectivity index (χ0) is 10.1. The Balaban J connectivity index is 2.32. The Hall–Kier alpha value is -1.84. The van der Waals surface area contributed by atoms with Crippen molar-refractivity contribution in [2.24, 2.45) is 4.99 Å². The van der Waals surface area contributed by atoms with Gasteiger partial charge in [-0.05, 0) is 23.8 Å². The highest BCUT2D eigenvalue weighted by Crippen LogP contribution is 2.36. The number of aromatic hydroxyl groups is 1. The maximum atomic E-state index is 10.5. The molecule has 1 aliphatic heterocycles. The molecule has 2 N–H and O–H groups in total. The van der Waals surface area contributed by atoms with Crippen LogP contribution in [0.25, 0.3) is 0 Å². The van der Waals surface area contributed by atoms with Gasteiger partial charge in [0.05, 0.1) is 12.1 Å². The van der Waals surface area contributed by atoms with Crippen molar-refractivity contribution in [3.05, 3.63) is 23.8 Å². The number of fused-ring (bicyclic) bond motifs is 1. The molecule has 0 saturated heterocycles. The highest BCUT2D eigenvalue weighted by atomic mass is 16.4. The van der Waals surface area contributed by atoms with Crippen LogP contribution < -0.4 is 0 Å². The third kappa shape index (κ3) is 1.46. The third-order valence-corrected chi connectivity index (χ3v) is 2.20. The van der Waals surface area contributed by atoms with Crippen molar-refractivity contribution in [1.82, 2.24) is 0 Å². The van der Waals surface area contributed by atoms with Gasteiger partial charge in [0, 0.05) is 12.1 Å². The van der Waals surface area contributed by atoms with E-state index >= 15 is 0 Å². The normalized spacial score (nSPS) is 18.1. The summed E-state index contributed by atoms with van der Waals surface area (Å²) in [4.78, 5) is 14.6. The van der Waals surface area contributed by atoms with E-state index < -0.39 is 5.97 Å². The molecule has 1 heterocycles. The standard InChI is InChI=1S/C10H9NO3/c12-7-1-2-9-8(4-7)6(5-11-9)3-10(13)14/h1-2,4-6,12H,3H2,(H,13,14). The van der Waals surface area contributed by atoms with Gasteiger partial charge in [-0.2, -0.15) is 0 Å². The fourth-order valence-corrected chi connectivity index (χ4v) is 1.56. The first kappa shape index (κ1) is 8.74. The molecular formula is C10H9NO3. The van der Waals surface area contributed by atoms with Gasteiger partial charge in [0.2, 0.25) is 0 Å². The van der Waals surface area contributed by atoms with Crippen LogP contribution in [0.4, 0.5) is 5.69 Å². The van der Waals surface area contributed by atoms with Crippen molar-refractivity contribution >= 4 is 17.9 Å². The maximum Gasteiger partial charge on any atom is 0.304 e. The fourth-order valence-electron chi connectivity index (χ4n) is 1.56. The number of carboxylic acid groups (broad SMARTS) is 1. The van der Waals surface area contributed by atoms with Crippen LogP contribution in [0, 0.1) is 0 Å². The topological polar surface area (TPSA) is 69.9 Å². The Morgan fingerprint density at radius 3 is 3.00 bits per heavy atom. The lowest BCUT2D eigenvalue weighted by Crippen LogP contribution is -2.04. The van der Waals surface area contributed by atoms with E-state index in [1.807, 2.05) is 0 Å². The number of rotatable bonds is 2. The molecule has 0 fully saturated rings. The largest absolute Gasteiger partial charge is 0.508 e.